The first-order chi connectivity index (χ1) is 13.9. The van der Waals surface area contributed by atoms with Crippen molar-refractivity contribution in [2.45, 2.75) is 32.0 Å². The van der Waals surface area contributed by atoms with E-state index in [2.05, 4.69) is 10.6 Å². The van der Waals surface area contributed by atoms with E-state index in [-0.39, 0.29) is 13.0 Å². The Balaban J connectivity index is 1.90. The van der Waals surface area contributed by atoms with Crippen molar-refractivity contribution < 1.29 is 23.9 Å². The second-order valence-electron chi connectivity index (χ2n) is 6.40. The molecule has 8 nitrogen and oxygen atoms in total. The van der Waals surface area contributed by atoms with E-state index in [0.29, 0.717) is 5.75 Å². The Morgan fingerprint density at radius 3 is 2.24 bits per heavy atom. The third-order valence-electron chi connectivity index (χ3n) is 4.17. The number of urea groups is 1. The molecule has 0 heterocycles. The number of ether oxygens (including phenoxy) is 2. The first-order valence-corrected chi connectivity index (χ1v) is 9.10. The third-order valence-corrected chi connectivity index (χ3v) is 4.17. The zero-order valence-electron chi connectivity index (χ0n) is 16.4. The molecule has 0 aromatic heterocycles. The standard InChI is InChI=1S/C21H25N3O5/c1-14(19(25)23-13-16-8-10-17(28-2)11-9-16)29-20(26)18(24-21(22)27)12-15-6-4-3-5-7-15/h3-11,14,18H,12-13H2,1-2H3,(H,23,25)(H3,22,24,27)/t14-,18-/m0/s1. The number of rotatable bonds is 9. The molecule has 154 valence electrons. The maximum absolute atomic E-state index is 12.5. The maximum atomic E-state index is 12.5. The van der Waals surface area contributed by atoms with Gasteiger partial charge in [-0.25, -0.2) is 9.59 Å². The zero-order valence-corrected chi connectivity index (χ0v) is 16.4. The fourth-order valence-electron chi connectivity index (χ4n) is 2.60. The first kappa shape index (κ1) is 21.7. The maximum Gasteiger partial charge on any atom is 0.329 e. The topological polar surface area (TPSA) is 120 Å². The summed E-state index contributed by atoms with van der Waals surface area (Å²) in [6.07, 6.45) is -0.836. The van der Waals surface area contributed by atoms with Gasteiger partial charge in [0.15, 0.2) is 6.10 Å². The lowest BCUT2D eigenvalue weighted by atomic mass is 10.1. The predicted octanol–water partition coefficient (Wildman–Crippen LogP) is 1.52. The molecule has 0 unspecified atom stereocenters. The molecule has 0 radical (unpaired) electrons. The number of primary amides is 1. The summed E-state index contributed by atoms with van der Waals surface area (Å²) in [4.78, 5) is 36.0. The first-order valence-electron chi connectivity index (χ1n) is 9.10. The molecule has 0 spiro atoms. The molecular weight excluding hydrogens is 374 g/mol. The molecular formula is C21H25N3O5. The minimum absolute atomic E-state index is 0.197. The van der Waals surface area contributed by atoms with Crippen molar-refractivity contribution in [1.29, 1.82) is 0 Å². The van der Waals surface area contributed by atoms with Crippen molar-refractivity contribution in [3.05, 3.63) is 65.7 Å². The number of carbonyl (C=O) groups is 3. The summed E-state index contributed by atoms with van der Waals surface area (Å²) in [5, 5.41) is 5.06. The highest BCUT2D eigenvalue weighted by Crippen LogP contribution is 2.11. The van der Waals surface area contributed by atoms with Crippen LogP contribution in [0.3, 0.4) is 0 Å². The van der Waals surface area contributed by atoms with E-state index in [4.69, 9.17) is 15.2 Å². The molecule has 2 rings (SSSR count). The van der Waals surface area contributed by atoms with Gasteiger partial charge in [-0.05, 0) is 30.2 Å². The quantitative estimate of drug-likeness (QED) is 0.552. The Kier molecular flexibility index (Phi) is 8.02. The molecule has 2 atom stereocenters. The summed E-state index contributed by atoms with van der Waals surface area (Å²) in [5.41, 5.74) is 6.85. The molecule has 0 aliphatic carbocycles. The van der Waals surface area contributed by atoms with Gasteiger partial charge in [-0.3, -0.25) is 4.79 Å². The Hall–Kier alpha value is -3.55. The van der Waals surface area contributed by atoms with Crippen LogP contribution in [0.25, 0.3) is 0 Å². The van der Waals surface area contributed by atoms with Crippen LogP contribution in [-0.2, 0) is 27.3 Å². The molecule has 3 amide bonds. The van der Waals surface area contributed by atoms with Crippen molar-refractivity contribution in [2.24, 2.45) is 5.73 Å². The van der Waals surface area contributed by atoms with E-state index < -0.39 is 30.1 Å². The molecule has 0 aliphatic heterocycles. The van der Waals surface area contributed by atoms with Gasteiger partial charge in [-0.2, -0.15) is 0 Å². The van der Waals surface area contributed by atoms with Crippen LogP contribution in [0.1, 0.15) is 18.1 Å². The van der Waals surface area contributed by atoms with E-state index in [1.807, 2.05) is 42.5 Å². The molecule has 0 fully saturated rings. The van der Waals surface area contributed by atoms with Crippen LogP contribution in [-0.4, -0.2) is 37.2 Å². The average molecular weight is 399 g/mol. The Bertz CT molecular complexity index is 824. The lowest BCUT2D eigenvalue weighted by molar-refractivity contribution is -0.156. The fraction of sp³-hybridized carbons (Fsp3) is 0.286. The molecule has 0 saturated carbocycles. The van der Waals surface area contributed by atoms with Crippen LogP contribution >= 0.6 is 0 Å². The Labute approximate surface area is 169 Å². The number of esters is 1. The van der Waals surface area contributed by atoms with Crippen molar-refractivity contribution >= 4 is 17.9 Å². The molecule has 4 N–H and O–H groups in total. The van der Waals surface area contributed by atoms with Crippen LogP contribution in [0.2, 0.25) is 0 Å². The van der Waals surface area contributed by atoms with Gasteiger partial charge < -0.3 is 25.8 Å². The number of carbonyl (C=O) groups excluding carboxylic acids is 3. The van der Waals surface area contributed by atoms with Gasteiger partial charge >= 0.3 is 12.0 Å². The highest BCUT2D eigenvalue weighted by Gasteiger charge is 2.26. The highest BCUT2D eigenvalue weighted by molar-refractivity contribution is 5.87. The normalized spacial score (nSPS) is 12.3. The van der Waals surface area contributed by atoms with Crippen LogP contribution in [0.4, 0.5) is 4.79 Å². The average Bonchev–Trinajstić information content (AvgIpc) is 2.72. The summed E-state index contributed by atoms with van der Waals surface area (Å²) in [6, 6.07) is 14.5. The second-order valence-corrected chi connectivity index (χ2v) is 6.40. The van der Waals surface area contributed by atoms with Crippen molar-refractivity contribution in [3.8, 4) is 5.75 Å². The smallest absolute Gasteiger partial charge is 0.329 e. The van der Waals surface area contributed by atoms with Gasteiger partial charge in [0.1, 0.15) is 11.8 Å². The lowest BCUT2D eigenvalue weighted by Crippen LogP contribution is -2.47. The number of hydrogen-bond acceptors (Lipinski definition) is 5. The van der Waals surface area contributed by atoms with Gasteiger partial charge in [0, 0.05) is 13.0 Å². The minimum atomic E-state index is -1.03. The predicted molar refractivity (Wildman–Crippen MR) is 107 cm³/mol. The Morgan fingerprint density at radius 1 is 1.00 bits per heavy atom. The molecule has 0 saturated heterocycles. The largest absolute Gasteiger partial charge is 0.497 e. The van der Waals surface area contributed by atoms with Crippen LogP contribution < -0.4 is 21.1 Å². The van der Waals surface area contributed by atoms with Crippen molar-refractivity contribution in [2.75, 3.05) is 7.11 Å². The molecule has 2 aromatic rings. The molecule has 0 aliphatic rings. The Morgan fingerprint density at radius 2 is 1.66 bits per heavy atom. The summed E-state index contributed by atoms with van der Waals surface area (Å²) < 4.78 is 10.3. The van der Waals surface area contributed by atoms with Gasteiger partial charge in [-0.15, -0.1) is 0 Å². The molecule has 8 heteroatoms. The number of nitrogens with two attached hydrogens (primary N) is 1. The summed E-state index contributed by atoms with van der Waals surface area (Å²) >= 11 is 0. The number of benzene rings is 2. The van der Waals surface area contributed by atoms with E-state index >= 15 is 0 Å². The van der Waals surface area contributed by atoms with E-state index in [9.17, 15) is 14.4 Å². The highest BCUT2D eigenvalue weighted by atomic mass is 16.5. The fourth-order valence-corrected chi connectivity index (χ4v) is 2.60. The SMILES string of the molecule is COc1ccc(CNC(=O)[C@H](C)OC(=O)[C@H](Cc2ccccc2)NC(N)=O)cc1. The van der Waals surface area contributed by atoms with Crippen molar-refractivity contribution in [3.63, 3.8) is 0 Å². The number of nitrogens with one attached hydrogen (secondary N) is 2. The number of methoxy groups -OCH3 is 1. The number of hydrogen-bond donors (Lipinski definition) is 3. The lowest BCUT2D eigenvalue weighted by Gasteiger charge is -2.20. The second kappa shape index (κ2) is 10.7. The van der Waals surface area contributed by atoms with Crippen LogP contribution in [0.5, 0.6) is 5.75 Å². The molecule has 2 aromatic carbocycles. The minimum Gasteiger partial charge on any atom is -0.497 e. The van der Waals surface area contributed by atoms with Crippen molar-refractivity contribution in [1.82, 2.24) is 10.6 Å². The van der Waals surface area contributed by atoms with Gasteiger partial charge in [0.05, 0.1) is 7.11 Å². The molecule has 29 heavy (non-hydrogen) atoms. The van der Waals surface area contributed by atoms with Crippen LogP contribution in [0.15, 0.2) is 54.6 Å². The van der Waals surface area contributed by atoms with Gasteiger partial charge in [0.2, 0.25) is 0 Å². The third kappa shape index (κ3) is 7.17. The molecule has 0 bridgehead atoms. The number of amides is 3. The summed E-state index contributed by atoms with van der Waals surface area (Å²) in [6.45, 7) is 1.74. The van der Waals surface area contributed by atoms with Crippen LogP contribution in [0, 0.1) is 0 Å². The zero-order chi connectivity index (χ0) is 21.2. The monoisotopic (exact) mass is 399 g/mol. The summed E-state index contributed by atoms with van der Waals surface area (Å²) in [7, 11) is 1.57. The van der Waals surface area contributed by atoms with Gasteiger partial charge in [0.25, 0.3) is 5.91 Å². The van der Waals surface area contributed by atoms with E-state index in [1.165, 1.54) is 6.92 Å². The van der Waals surface area contributed by atoms with Gasteiger partial charge in [-0.1, -0.05) is 42.5 Å². The summed E-state index contributed by atoms with van der Waals surface area (Å²) in [5.74, 6) is -0.472. The van der Waals surface area contributed by atoms with E-state index in [0.717, 1.165) is 11.1 Å². The van der Waals surface area contributed by atoms with E-state index in [1.54, 1.807) is 19.2 Å².